The minimum absolute atomic E-state index is 0.0318. The molecule has 0 saturated carbocycles. The number of aryl methyl sites for hydroxylation is 2. The van der Waals surface area contributed by atoms with Crippen molar-refractivity contribution in [3.05, 3.63) is 59.2 Å². The number of ether oxygens (including phenoxy) is 3. The van der Waals surface area contributed by atoms with Crippen LogP contribution >= 0.6 is 0 Å². The monoisotopic (exact) mass is 576 g/mol. The van der Waals surface area contributed by atoms with Crippen LogP contribution in [-0.2, 0) is 32.5 Å². The average Bonchev–Trinajstić information content (AvgIpc) is 2.92. The molecule has 0 aromatic heterocycles. The summed E-state index contributed by atoms with van der Waals surface area (Å²) in [5, 5.41) is 9.37. The summed E-state index contributed by atoms with van der Waals surface area (Å²) in [5.74, 6) is 0.316. The van der Waals surface area contributed by atoms with Crippen LogP contribution < -0.4 is 13.7 Å². The zero-order valence-electron chi connectivity index (χ0n) is 24.2. The normalized spacial score (nSPS) is 11.8. The van der Waals surface area contributed by atoms with Gasteiger partial charge in [-0.1, -0.05) is 44.9 Å². The van der Waals surface area contributed by atoms with Gasteiger partial charge in [0.05, 0.1) is 26.1 Å². The summed E-state index contributed by atoms with van der Waals surface area (Å²) in [5.41, 5.74) is 3.56. The molecule has 9 heteroatoms. The molecular weight excluding hydrogens is 532 g/mol. The molecule has 2 aromatic rings. The lowest BCUT2D eigenvalue weighted by molar-refractivity contribution is -0.131. The van der Waals surface area contributed by atoms with Crippen LogP contribution in [0.3, 0.4) is 0 Å². The number of benzene rings is 2. The van der Waals surface area contributed by atoms with Gasteiger partial charge in [0.15, 0.2) is 11.5 Å². The molecule has 0 spiro atoms. The van der Waals surface area contributed by atoms with Crippen molar-refractivity contribution in [3.8, 4) is 17.2 Å². The van der Waals surface area contributed by atoms with Crippen LogP contribution in [0.2, 0.25) is 0 Å². The van der Waals surface area contributed by atoms with E-state index in [0.717, 1.165) is 61.0 Å². The topological polar surface area (TPSA) is 108 Å². The fourth-order valence-corrected chi connectivity index (χ4v) is 5.25. The highest BCUT2D eigenvalue weighted by molar-refractivity contribution is 7.87. The number of hydrogen-bond donors (Lipinski definition) is 1. The molecule has 0 fully saturated rings. The third-order valence-corrected chi connectivity index (χ3v) is 7.54. The van der Waals surface area contributed by atoms with Crippen molar-refractivity contribution in [1.82, 2.24) is 0 Å². The molecule has 0 aliphatic carbocycles. The molecule has 2 rings (SSSR count). The lowest BCUT2D eigenvalue weighted by atomic mass is 9.97. The number of carboxylic acids is 1. The van der Waals surface area contributed by atoms with Gasteiger partial charge in [-0.15, -0.1) is 0 Å². The highest BCUT2D eigenvalue weighted by Crippen LogP contribution is 2.31. The zero-order chi connectivity index (χ0) is 29.4. The quantitative estimate of drug-likeness (QED) is 0.109. The molecule has 40 heavy (non-hydrogen) atoms. The third kappa shape index (κ3) is 11.6. The number of methoxy groups -OCH3 is 1. The molecule has 2 aromatic carbocycles. The molecule has 8 nitrogen and oxygen atoms in total. The largest absolute Gasteiger partial charge is 0.493 e. The number of carboxylic acid groups (broad SMARTS) is 1. The first kappa shape index (κ1) is 33.2. The van der Waals surface area contributed by atoms with Gasteiger partial charge >= 0.3 is 16.1 Å². The molecular formula is C31H44O8S. The van der Waals surface area contributed by atoms with Gasteiger partial charge in [0.2, 0.25) is 0 Å². The van der Waals surface area contributed by atoms with Crippen LogP contribution in [0.25, 0.3) is 5.57 Å². The van der Waals surface area contributed by atoms with E-state index in [4.69, 9.17) is 18.4 Å². The van der Waals surface area contributed by atoms with Crippen LogP contribution in [0.4, 0.5) is 0 Å². The van der Waals surface area contributed by atoms with E-state index in [2.05, 4.69) is 6.92 Å². The maximum absolute atomic E-state index is 12.2. The maximum Gasteiger partial charge on any atom is 0.328 e. The second kappa shape index (κ2) is 17.6. The van der Waals surface area contributed by atoms with Crippen molar-refractivity contribution in [3.63, 3.8) is 0 Å². The first-order valence-corrected chi connectivity index (χ1v) is 15.7. The Hall–Kier alpha value is -3.04. The van der Waals surface area contributed by atoms with E-state index in [1.165, 1.54) is 13.2 Å². The number of unbranched alkanes of at least 4 members (excludes halogenated alkanes) is 2. The van der Waals surface area contributed by atoms with Crippen LogP contribution in [0.1, 0.15) is 76.0 Å². The molecule has 0 bridgehead atoms. The Morgan fingerprint density at radius 2 is 1.68 bits per heavy atom. The Kier molecular flexibility index (Phi) is 14.6. The molecule has 0 aliphatic rings. The van der Waals surface area contributed by atoms with Gasteiger partial charge in [-0.25, -0.2) is 4.79 Å². The highest BCUT2D eigenvalue weighted by Gasteiger charge is 2.16. The summed E-state index contributed by atoms with van der Waals surface area (Å²) in [6.07, 6.45) is 7.29. The Balaban J connectivity index is 2.16. The number of rotatable bonds is 20. The summed E-state index contributed by atoms with van der Waals surface area (Å²) >= 11 is 0. The first-order chi connectivity index (χ1) is 19.2. The van der Waals surface area contributed by atoms with E-state index >= 15 is 0 Å². The average molecular weight is 577 g/mol. The standard InChI is InChI=1S/C31H44O8S/c1-5-8-18-38-29-22-26(27(23-31(32)33)17-19-37-7-3)15-14-25(29)12-10-11-24-13-16-28(30(21-24)36-4)39-40(34,35)20-9-6-2/h13-16,21-23H,5-12,17-20H2,1-4H3,(H,32,33). The van der Waals surface area contributed by atoms with E-state index in [1.807, 2.05) is 44.2 Å². The summed E-state index contributed by atoms with van der Waals surface area (Å²) in [6.45, 7) is 7.55. The zero-order valence-corrected chi connectivity index (χ0v) is 25.1. The molecule has 0 heterocycles. The fourth-order valence-electron chi connectivity index (χ4n) is 4.12. The molecule has 0 saturated heterocycles. The van der Waals surface area contributed by atoms with Crippen LogP contribution in [-0.4, -0.2) is 52.2 Å². The van der Waals surface area contributed by atoms with Crippen molar-refractivity contribution >= 4 is 21.7 Å². The minimum Gasteiger partial charge on any atom is -0.493 e. The summed E-state index contributed by atoms with van der Waals surface area (Å²) in [7, 11) is -2.18. The second-order valence-corrected chi connectivity index (χ2v) is 11.2. The minimum atomic E-state index is -3.67. The van der Waals surface area contributed by atoms with E-state index in [-0.39, 0.29) is 11.5 Å². The van der Waals surface area contributed by atoms with Crippen LogP contribution in [0, 0.1) is 0 Å². The predicted molar refractivity (Wildman–Crippen MR) is 158 cm³/mol. The SMILES string of the molecule is CCCCOc1cc(C(=CC(=O)O)CCOCC)ccc1CCCc1ccc(OS(=O)(=O)CCCC)c(OC)c1. The summed E-state index contributed by atoms with van der Waals surface area (Å²) in [4.78, 5) is 11.4. The van der Waals surface area contributed by atoms with Crippen molar-refractivity contribution in [2.45, 2.75) is 72.1 Å². The Bertz CT molecular complexity index is 1200. The Morgan fingerprint density at radius 3 is 2.35 bits per heavy atom. The predicted octanol–water partition coefficient (Wildman–Crippen LogP) is 6.45. The fraction of sp³-hybridized carbons (Fsp3) is 0.516. The number of aliphatic carboxylic acids is 1. The Labute approximate surface area is 239 Å². The van der Waals surface area contributed by atoms with E-state index in [0.29, 0.717) is 44.0 Å². The third-order valence-electron chi connectivity index (χ3n) is 6.32. The van der Waals surface area contributed by atoms with Crippen molar-refractivity contribution in [1.29, 1.82) is 0 Å². The summed E-state index contributed by atoms with van der Waals surface area (Å²) < 4.78 is 46.7. The van der Waals surface area contributed by atoms with Crippen molar-refractivity contribution < 1.29 is 36.7 Å². The lowest BCUT2D eigenvalue weighted by Crippen LogP contribution is -2.14. The van der Waals surface area contributed by atoms with Crippen LogP contribution in [0.5, 0.6) is 17.2 Å². The molecule has 0 aliphatic heterocycles. The van der Waals surface area contributed by atoms with Crippen LogP contribution in [0.15, 0.2) is 42.5 Å². The van der Waals surface area contributed by atoms with Crippen molar-refractivity contribution in [2.24, 2.45) is 0 Å². The van der Waals surface area contributed by atoms with Gasteiger partial charge in [0.1, 0.15) is 5.75 Å². The lowest BCUT2D eigenvalue weighted by Gasteiger charge is -2.15. The smallest absolute Gasteiger partial charge is 0.328 e. The molecule has 0 radical (unpaired) electrons. The van der Waals surface area contributed by atoms with E-state index in [1.54, 1.807) is 6.07 Å². The van der Waals surface area contributed by atoms with Gasteiger partial charge in [-0.3, -0.25) is 0 Å². The van der Waals surface area contributed by atoms with Gasteiger partial charge in [-0.2, -0.15) is 8.42 Å². The molecule has 222 valence electrons. The van der Waals surface area contributed by atoms with Crippen molar-refractivity contribution in [2.75, 3.05) is 32.7 Å². The number of hydrogen-bond acceptors (Lipinski definition) is 7. The highest BCUT2D eigenvalue weighted by atomic mass is 32.2. The van der Waals surface area contributed by atoms with Gasteiger partial charge in [-0.05, 0) is 85.9 Å². The molecule has 0 amide bonds. The maximum atomic E-state index is 12.2. The summed E-state index contributed by atoms with van der Waals surface area (Å²) in [6, 6.07) is 11.2. The van der Waals surface area contributed by atoms with Gasteiger partial charge < -0.3 is 23.5 Å². The van der Waals surface area contributed by atoms with Gasteiger partial charge in [0, 0.05) is 12.7 Å². The second-order valence-electron chi connectivity index (χ2n) is 9.52. The number of carbonyl (C=O) groups is 1. The van der Waals surface area contributed by atoms with E-state index in [9.17, 15) is 18.3 Å². The molecule has 1 N–H and O–H groups in total. The van der Waals surface area contributed by atoms with E-state index < -0.39 is 16.1 Å². The molecule has 0 atom stereocenters. The molecule has 0 unspecified atom stereocenters. The van der Waals surface area contributed by atoms with Gasteiger partial charge in [0.25, 0.3) is 0 Å². The first-order valence-electron chi connectivity index (χ1n) is 14.1. The Morgan fingerprint density at radius 1 is 0.900 bits per heavy atom.